The van der Waals surface area contributed by atoms with Crippen LogP contribution in [-0.2, 0) is 9.53 Å². The Kier molecular flexibility index (Phi) is 5.79. The zero-order valence-electron chi connectivity index (χ0n) is 11.0. The highest BCUT2D eigenvalue weighted by Crippen LogP contribution is 2.28. The highest BCUT2D eigenvalue weighted by atomic mass is 32.2. The van der Waals surface area contributed by atoms with Crippen molar-refractivity contribution in [1.29, 1.82) is 0 Å². The molecule has 0 spiro atoms. The fraction of sp³-hybridized carbons (Fsp3) is 0.923. The smallest absolute Gasteiger partial charge is 0.235 e. The van der Waals surface area contributed by atoms with Crippen LogP contribution in [0.25, 0.3) is 0 Å². The predicted molar refractivity (Wildman–Crippen MR) is 74.7 cm³/mol. The summed E-state index contributed by atoms with van der Waals surface area (Å²) in [6.07, 6.45) is 5.48. The molecule has 2 fully saturated rings. The van der Waals surface area contributed by atoms with Crippen molar-refractivity contribution < 1.29 is 9.53 Å². The Balaban J connectivity index is 1.67. The Hall–Kier alpha value is -0.260. The van der Waals surface area contributed by atoms with Gasteiger partial charge in [0.25, 0.3) is 0 Å². The normalized spacial score (nSPS) is 25.6. The van der Waals surface area contributed by atoms with Crippen LogP contribution in [0, 0.1) is 0 Å². The minimum absolute atomic E-state index is 0.236. The summed E-state index contributed by atoms with van der Waals surface area (Å²) in [5, 5.41) is 0.236. The summed E-state index contributed by atoms with van der Waals surface area (Å²) in [5.41, 5.74) is 5.44. The zero-order valence-corrected chi connectivity index (χ0v) is 11.8. The molecule has 0 aromatic heterocycles. The number of carbonyl (C=O) groups excluding carboxylic acids is 1. The van der Waals surface area contributed by atoms with Crippen molar-refractivity contribution in [2.45, 2.75) is 43.5 Å². The number of hydrogen-bond donors (Lipinski definition) is 1. The highest BCUT2D eigenvalue weighted by Gasteiger charge is 2.30. The number of hydrogen-bond acceptors (Lipinski definition) is 4. The van der Waals surface area contributed by atoms with Crippen molar-refractivity contribution in [3.8, 4) is 0 Å². The maximum atomic E-state index is 12.2. The molecular weight excluding hydrogens is 248 g/mol. The molecule has 2 rings (SSSR count). The van der Waals surface area contributed by atoms with Gasteiger partial charge in [0, 0.05) is 19.7 Å². The third kappa shape index (κ3) is 3.87. The monoisotopic (exact) mass is 272 g/mol. The molecule has 2 aliphatic heterocycles. The number of nitrogens with zero attached hydrogens (tertiary/aromatic N) is 1. The van der Waals surface area contributed by atoms with E-state index in [2.05, 4.69) is 0 Å². The van der Waals surface area contributed by atoms with Crippen LogP contribution in [0.5, 0.6) is 0 Å². The maximum absolute atomic E-state index is 12.2. The summed E-state index contributed by atoms with van der Waals surface area (Å²) in [6, 6.07) is 0. The van der Waals surface area contributed by atoms with Gasteiger partial charge in [-0.3, -0.25) is 4.79 Å². The average molecular weight is 272 g/mol. The van der Waals surface area contributed by atoms with Crippen LogP contribution in [0.4, 0.5) is 0 Å². The van der Waals surface area contributed by atoms with Crippen LogP contribution in [-0.4, -0.2) is 54.2 Å². The van der Waals surface area contributed by atoms with E-state index in [1.54, 1.807) is 0 Å². The second kappa shape index (κ2) is 7.36. The molecule has 2 aliphatic rings. The number of carbonyl (C=O) groups is 1. The Morgan fingerprint density at radius 2 is 2.11 bits per heavy atom. The zero-order chi connectivity index (χ0) is 12.8. The lowest BCUT2D eigenvalue weighted by Crippen LogP contribution is -2.44. The molecule has 0 aromatic rings. The summed E-state index contributed by atoms with van der Waals surface area (Å²) in [7, 11) is 0. The first-order valence-corrected chi connectivity index (χ1v) is 8.08. The van der Waals surface area contributed by atoms with Crippen molar-refractivity contribution in [2.24, 2.45) is 5.73 Å². The molecule has 5 heteroatoms. The van der Waals surface area contributed by atoms with Crippen molar-refractivity contribution in [3.05, 3.63) is 0 Å². The quantitative estimate of drug-likeness (QED) is 0.765. The predicted octanol–water partition coefficient (Wildman–Crippen LogP) is 1.24. The van der Waals surface area contributed by atoms with Crippen molar-refractivity contribution in [3.63, 3.8) is 0 Å². The van der Waals surface area contributed by atoms with Crippen LogP contribution in [0.1, 0.15) is 32.1 Å². The van der Waals surface area contributed by atoms with Crippen LogP contribution in [0.2, 0.25) is 0 Å². The second-order valence-corrected chi connectivity index (χ2v) is 6.35. The van der Waals surface area contributed by atoms with Crippen LogP contribution < -0.4 is 5.73 Å². The lowest BCUT2D eigenvalue weighted by Gasteiger charge is -2.33. The topological polar surface area (TPSA) is 55.6 Å². The minimum Gasteiger partial charge on any atom is -0.378 e. The summed E-state index contributed by atoms with van der Waals surface area (Å²) in [4.78, 5) is 14.2. The molecule has 104 valence electrons. The molecule has 0 radical (unpaired) electrons. The molecule has 18 heavy (non-hydrogen) atoms. The molecule has 0 saturated carbocycles. The van der Waals surface area contributed by atoms with E-state index in [-0.39, 0.29) is 5.25 Å². The summed E-state index contributed by atoms with van der Waals surface area (Å²) in [6.45, 7) is 3.18. The van der Waals surface area contributed by atoms with E-state index >= 15 is 0 Å². The van der Waals surface area contributed by atoms with Crippen LogP contribution >= 0.6 is 11.8 Å². The van der Waals surface area contributed by atoms with Crippen molar-refractivity contribution in [2.75, 3.05) is 32.0 Å². The van der Waals surface area contributed by atoms with E-state index in [1.165, 1.54) is 6.42 Å². The van der Waals surface area contributed by atoms with Crippen molar-refractivity contribution >= 4 is 17.7 Å². The molecule has 1 unspecified atom stereocenters. The van der Waals surface area contributed by atoms with E-state index < -0.39 is 0 Å². The number of thioether (sulfide) groups is 1. The fourth-order valence-electron chi connectivity index (χ4n) is 2.55. The Bertz CT molecular complexity index is 262. The third-order valence-electron chi connectivity index (χ3n) is 3.66. The number of ether oxygens (including phenoxy) is 1. The minimum atomic E-state index is 0.236. The van der Waals surface area contributed by atoms with Gasteiger partial charge < -0.3 is 15.4 Å². The maximum Gasteiger partial charge on any atom is 0.235 e. The number of piperidine rings is 1. The first kappa shape index (κ1) is 14.2. The van der Waals surface area contributed by atoms with E-state index in [0.717, 1.165) is 51.1 Å². The first-order chi connectivity index (χ1) is 8.81. The highest BCUT2D eigenvalue weighted by molar-refractivity contribution is 8.00. The van der Waals surface area contributed by atoms with Crippen molar-refractivity contribution in [1.82, 2.24) is 4.90 Å². The number of amides is 1. The SMILES string of the molecule is NCCCOC1CCN(C(=O)C2CCCS2)CC1. The second-order valence-electron chi connectivity index (χ2n) is 5.04. The molecule has 1 atom stereocenters. The summed E-state index contributed by atoms with van der Waals surface area (Å²) in [5.74, 6) is 1.51. The molecule has 2 heterocycles. The molecule has 0 aliphatic carbocycles. The molecular formula is C13H24N2O2S. The van der Waals surface area contributed by atoms with Gasteiger partial charge in [0.2, 0.25) is 5.91 Å². The van der Waals surface area contributed by atoms with Gasteiger partial charge in [0.1, 0.15) is 0 Å². The van der Waals surface area contributed by atoms with E-state index in [0.29, 0.717) is 18.6 Å². The summed E-state index contributed by atoms with van der Waals surface area (Å²) < 4.78 is 5.75. The Morgan fingerprint density at radius 3 is 2.72 bits per heavy atom. The number of nitrogens with two attached hydrogens (primary N) is 1. The fourth-order valence-corrected chi connectivity index (χ4v) is 3.80. The Labute approximate surface area is 114 Å². The molecule has 4 nitrogen and oxygen atoms in total. The molecule has 0 bridgehead atoms. The van der Waals surface area contributed by atoms with Gasteiger partial charge in [0.05, 0.1) is 11.4 Å². The molecule has 2 saturated heterocycles. The van der Waals surface area contributed by atoms with E-state index in [9.17, 15) is 4.79 Å². The van der Waals surface area contributed by atoms with E-state index in [1.807, 2.05) is 16.7 Å². The standard InChI is InChI=1S/C13H24N2O2S/c14-6-2-9-17-11-4-7-15(8-5-11)13(16)12-3-1-10-18-12/h11-12H,1-10,14H2. The number of likely N-dealkylation sites (tertiary alicyclic amines) is 1. The average Bonchev–Trinajstić information content (AvgIpc) is 2.93. The molecule has 1 amide bonds. The Morgan fingerprint density at radius 1 is 1.33 bits per heavy atom. The van der Waals surface area contributed by atoms with Crippen LogP contribution in [0.15, 0.2) is 0 Å². The molecule has 2 N–H and O–H groups in total. The van der Waals surface area contributed by atoms with Gasteiger partial charge in [0.15, 0.2) is 0 Å². The van der Waals surface area contributed by atoms with Gasteiger partial charge in [-0.15, -0.1) is 11.8 Å². The van der Waals surface area contributed by atoms with Gasteiger partial charge in [-0.25, -0.2) is 0 Å². The van der Waals surface area contributed by atoms with E-state index in [4.69, 9.17) is 10.5 Å². The lowest BCUT2D eigenvalue weighted by atomic mass is 10.1. The lowest BCUT2D eigenvalue weighted by molar-refractivity contribution is -0.133. The summed E-state index contributed by atoms with van der Waals surface area (Å²) >= 11 is 1.83. The first-order valence-electron chi connectivity index (χ1n) is 7.03. The number of rotatable bonds is 5. The molecule has 0 aromatic carbocycles. The van der Waals surface area contributed by atoms with Gasteiger partial charge in [-0.05, 0) is 44.4 Å². The van der Waals surface area contributed by atoms with Crippen LogP contribution in [0.3, 0.4) is 0 Å². The largest absolute Gasteiger partial charge is 0.378 e. The van der Waals surface area contributed by atoms with Gasteiger partial charge >= 0.3 is 0 Å². The van der Waals surface area contributed by atoms with Gasteiger partial charge in [-0.1, -0.05) is 0 Å². The third-order valence-corrected chi connectivity index (χ3v) is 5.02. The van der Waals surface area contributed by atoms with Gasteiger partial charge in [-0.2, -0.15) is 0 Å².